The van der Waals surface area contributed by atoms with Gasteiger partial charge in [0.15, 0.2) is 17.5 Å². The average Bonchev–Trinajstić information content (AvgIpc) is 3.71. The van der Waals surface area contributed by atoms with E-state index in [4.69, 9.17) is 9.97 Å². The summed E-state index contributed by atoms with van der Waals surface area (Å²) in [5.41, 5.74) is 2.25. The molecule has 0 atom stereocenters. The molecule has 5 heterocycles. The summed E-state index contributed by atoms with van der Waals surface area (Å²) in [6.07, 6.45) is 8.08. The molecule has 1 aliphatic carbocycles. The van der Waals surface area contributed by atoms with E-state index in [2.05, 4.69) is 25.6 Å². The maximum Gasteiger partial charge on any atom is 0.239 e. The van der Waals surface area contributed by atoms with Gasteiger partial charge in [-0.05, 0) is 36.5 Å². The fourth-order valence-electron chi connectivity index (χ4n) is 4.45. The van der Waals surface area contributed by atoms with Gasteiger partial charge in [-0.25, -0.2) is 23.7 Å². The monoisotopic (exact) mass is 476 g/mol. The van der Waals surface area contributed by atoms with Gasteiger partial charge in [0.2, 0.25) is 5.82 Å². The standard InChI is InChI=1S/C24H22F2N8O/c25-16-10-18(26)23(30-11-16)32-20-9-15(3-4-29-20)22-31-19-13-28-12-17(14-1-2-14)21(19)24(33-22)34(35)7-5-27-6-8-34/h3-4,9-14,27H,1-2,5-8H2,(H,29,30,32). The molecule has 35 heavy (non-hydrogen) atoms. The first-order chi connectivity index (χ1) is 17.0. The summed E-state index contributed by atoms with van der Waals surface area (Å²) in [5, 5.41) is 20.8. The predicted octanol–water partition coefficient (Wildman–Crippen LogP) is 3.79. The number of quaternary nitrogens is 1. The van der Waals surface area contributed by atoms with Crippen molar-refractivity contribution in [2.45, 2.75) is 18.8 Å². The van der Waals surface area contributed by atoms with Crippen LogP contribution in [0.3, 0.4) is 0 Å². The number of pyridine rings is 3. The maximum absolute atomic E-state index is 14.1. The molecule has 1 aliphatic heterocycles. The van der Waals surface area contributed by atoms with E-state index >= 15 is 0 Å². The molecule has 0 spiro atoms. The summed E-state index contributed by atoms with van der Waals surface area (Å²) < 4.78 is 26.7. The second kappa shape index (κ2) is 8.52. The van der Waals surface area contributed by atoms with Crippen molar-refractivity contribution < 1.29 is 8.78 Å². The normalized spacial score (nSPS) is 17.5. The highest BCUT2D eigenvalue weighted by Gasteiger charge is 2.34. The highest BCUT2D eigenvalue weighted by molar-refractivity contribution is 5.93. The van der Waals surface area contributed by atoms with Crippen LogP contribution in [-0.2, 0) is 0 Å². The second-order valence-corrected chi connectivity index (χ2v) is 8.89. The third kappa shape index (κ3) is 4.18. The minimum atomic E-state index is -0.836. The zero-order valence-electron chi connectivity index (χ0n) is 18.7. The van der Waals surface area contributed by atoms with Gasteiger partial charge in [0.25, 0.3) is 0 Å². The molecule has 2 fully saturated rings. The number of aromatic nitrogens is 5. The van der Waals surface area contributed by atoms with E-state index in [1.165, 1.54) is 6.20 Å². The molecule has 0 unspecified atom stereocenters. The summed E-state index contributed by atoms with van der Waals surface area (Å²) >= 11 is 0. The molecule has 0 aromatic carbocycles. The number of halogens is 2. The van der Waals surface area contributed by atoms with Gasteiger partial charge >= 0.3 is 0 Å². The van der Waals surface area contributed by atoms with Crippen LogP contribution in [0, 0.1) is 16.8 Å². The lowest BCUT2D eigenvalue weighted by Crippen LogP contribution is -2.56. The number of nitrogens with one attached hydrogen (secondary N) is 2. The maximum atomic E-state index is 14.1. The van der Waals surface area contributed by atoms with E-state index in [0.717, 1.165) is 36.1 Å². The number of nitrogens with zero attached hydrogens (tertiary/aromatic N) is 6. The van der Waals surface area contributed by atoms with E-state index in [1.807, 2.05) is 6.20 Å². The quantitative estimate of drug-likeness (QED) is 0.331. The fourth-order valence-corrected chi connectivity index (χ4v) is 4.45. The molecule has 2 aliphatic rings. The minimum absolute atomic E-state index is 0.153. The highest BCUT2D eigenvalue weighted by atomic mass is 19.1. The number of fused-ring (bicyclic) bond motifs is 1. The Morgan fingerprint density at radius 2 is 1.86 bits per heavy atom. The van der Waals surface area contributed by atoms with Gasteiger partial charge in [-0.1, -0.05) is 0 Å². The number of hydrogen-bond acceptors (Lipinski definition) is 8. The summed E-state index contributed by atoms with van der Waals surface area (Å²) in [4.78, 5) is 21.9. The van der Waals surface area contributed by atoms with Crippen LogP contribution in [0.4, 0.5) is 26.2 Å². The van der Waals surface area contributed by atoms with Gasteiger partial charge in [0.05, 0.1) is 36.4 Å². The van der Waals surface area contributed by atoms with E-state index in [0.29, 0.717) is 54.8 Å². The molecule has 1 saturated heterocycles. The van der Waals surface area contributed by atoms with Crippen LogP contribution in [0.25, 0.3) is 22.3 Å². The molecule has 178 valence electrons. The summed E-state index contributed by atoms with van der Waals surface area (Å²) in [6.45, 7) is 1.95. The number of rotatable bonds is 5. The smallest absolute Gasteiger partial charge is 0.239 e. The molecule has 9 nitrogen and oxygen atoms in total. The number of piperazine rings is 1. The molecule has 1 saturated carbocycles. The first-order valence-electron chi connectivity index (χ1n) is 11.5. The fraction of sp³-hybridized carbons (Fsp3) is 0.292. The summed E-state index contributed by atoms with van der Waals surface area (Å²) in [7, 11) is 0. The molecule has 4 aromatic rings. The van der Waals surface area contributed by atoms with Crippen LogP contribution >= 0.6 is 0 Å². The Morgan fingerprint density at radius 1 is 1.03 bits per heavy atom. The summed E-state index contributed by atoms with van der Waals surface area (Å²) in [6, 6.07) is 4.10. The van der Waals surface area contributed by atoms with E-state index in [1.54, 1.807) is 18.3 Å². The lowest BCUT2D eigenvalue weighted by atomic mass is 10.1. The van der Waals surface area contributed by atoms with Crippen molar-refractivity contribution in [1.29, 1.82) is 0 Å². The second-order valence-electron chi connectivity index (χ2n) is 8.89. The molecular formula is C24H22F2N8O. The van der Waals surface area contributed by atoms with Crippen LogP contribution in [-0.4, -0.2) is 51.1 Å². The van der Waals surface area contributed by atoms with Crippen LogP contribution in [0.5, 0.6) is 0 Å². The van der Waals surface area contributed by atoms with Crippen LogP contribution < -0.4 is 15.3 Å². The molecule has 11 heteroatoms. The Bertz CT molecular complexity index is 1420. The van der Waals surface area contributed by atoms with Crippen molar-refractivity contribution in [2.24, 2.45) is 0 Å². The van der Waals surface area contributed by atoms with Crippen molar-refractivity contribution in [3.63, 3.8) is 0 Å². The van der Waals surface area contributed by atoms with Crippen LogP contribution in [0.15, 0.2) is 43.0 Å². The first kappa shape index (κ1) is 21.8. The third-order valence-electron chi connectivity index (χ3n) is 6.39. The number of hydroxylamine groups is 2. The van der Waals surface area contributed by atoms with Gasteiger partial charge in [0, 0.05) is 37.1 Å². The van der Waals surface area contributed by atoms with Crippen molar-refractivity contribution in [3.05, 3.63) is 65.4 Å². The third-order valence-corrected chi connectivity index (χ3v) is 6.39. The van der Waals surface area contributed by atoms with Crippen molar-refractivity contribution in [2.75, 3.05) is 31.5 Å². The SMILES string of the molecule is [O-][N+]1(c2nc(-c3ccnc(Nc4ncc(F)cc4F)c3)nc3cncc(C4CC4)c23)CCNCC1. The summed E-state index contributed by atoms with van der Waals surface area (Å²) in [5.74, 6) is -0.294. The van der Waals surface area contributed by atoms with Crippen molar-refractivity contribution >= 4 is 28.4 Å². The molecular weight excluding hydrogens is 454 g/mol. The van der Waals surface area contributed by atoms with E-state index in [9.17, 15) is 14.0 Å². The molecule has 0 radical (unpaired) electrons. The Labute approximate surface area is 199 Å². The molecule has 0 bridgehead atoms. The van der Waals surface area contributed by atoms with Gasteiger partial charge < -0.3 is 20.5 Å². The Kier molecular flexibility index (Phi) is 5.32. The zero-order valence-corrected chi connectivity index (χ0v) is 18.7. The van der Waals surface area contributed by atoms with Gasteiger partial charge in [0.1, 0.15) is 11.6 Å². The minimum Gasteiger partial charge on any atom is -0.626 e. The Morgan fingerprint density at radius 3 is 2.63 bits per heavy atom. The Hall–Kier alpha value is -3.67. The van der Waals surface area contributed by atoms with Gasteiger partial charge in [-0.3, -0.25) is 4.98 Å². The number of hydrogen-bond donors (Lipinski definition) is 2. The first-order valence-corrected chi connectivity index (χ1v) is 11.5. The predicted molar refractivity (Wildman–Crippen MR) is 128 cm³/mol. The van der Waals surface area contributed by atoms with Crippen molar-refractivity contribution in [3.8, 4) is 11.4 Å². The molecule has 0 amide bonds. The van der Waals surface area contributed by atoms with Crippen molar-refractivity contribution in [1.82, 2.24) is 34.9 Å². The lowest BCUT2D eigenvalue weighted by molar-refractivity contribution is 0.316. The topological polar surface area (TPSA) is 112 Å². The Balaban J connectivity index is 1.46. The highest BCUT2D eigenvalue weighted by Crippen LogP contribution is 2.45. The van der Waals surface area contributed by atoms with Crippen LogP contribution in [0.2, 0.25) is 0 Å². The number of anilines is 2. The van der Waals surface area contributed by atoms with Gasteiger partial charge in [-0.15, -0.1) is 0 Å². The molecule has 2 N–H and O–H groups in total. The molecule has 6 rings (SSSR count). The zero-order chi connectivity index (χ0) is 24.0. The average molecular weight is 476 g/mol. The van der Waals surface area contributed by atoms with Crippen LogP contribution in [0.1, 0.15) is 24.3 Å². The lowest BCUT2D eigenvalue weighted by Gasteiger charge is -2.44. The largest absolute Gasteiger partial charge is 0.626 e. The molecule has 4 aromatic heterocycles. The van der Waals surface area contributed by atoms with Gasteiger partial charge in [-0.2, -0.15) is 4.98 Å². The van der Waals surface area contributed by atoms with E-state index < -0.39 is 16.3 Å². The van der Waals surface area contributed by atoms with E-state index in [-0.39, 0.29) is 11.6 Å².